The number of H-pyrrole nitrogens is 1. The normalized spacial score (nSPS) is 16.5. The summed E-state index contributed by atoms with van der Waals surface area (Å²) < 4.78 is 0.906. The Balaban J connectivity index is 0.00000280. The van der Waals surface area contributed by atoms with Gasteiger partial charge < -0.3 is 20.9 Å². The topological polar surface area (TPSA) is 130 Å². The third-order valence-electron chi connectivity index (χ3n) is 4.77. The van der Waals surface area contributed by atoms with E-state index in [0.29, 0.717) is 43.4 Å². The van der Waals surface area contributed by atoms with Crippen LogP contribution in [0.3, 0.4) is 0 Å². The van der Waals surface area contributed by atoms with Crippen LogP contribution in [0.4, 0.5) is 0 Å². The van der Waals surface area contributed by atoms with Gasteiger partial charge in [0.25, 0.3) is 5.56 Å². The number of nitrogens with zero attached hydrogens (tertiary/aromatic N) is 2. The number of hydrogen-bond acceptors (Lipinski definition) is 5. The molecule has 1 aromatic carbocycles. The highest BCUT2D eigenvalue weighted by Gasteiger charge is 2.28. The van der Waals surface area contributed by atoms with Crippen LogP contribution in [0.5, 0.6) is 0 Å². The Morgan fingerprint density at radius 2 is 2.00 bits per heavy atom. The monoisotopic (exact) mass is 409 g/mol. The van der Waals surface area contributed by atoms with E-state index in [4.69, 9.17) is 5.73 Å². The Bertz CT molecular complexity index is 970. The molecule has 28 heavy (non-hydrogen) atoms. The molecule has 1 aliphatic rings. The summed E-state index contributed by atoms with van der Waals surface area (Å²) in [5, 5.41) is 3.09. The number of aromatic nitrogens is 2. The Kier molecular flexibility index (Phi) is 7.36. The second-order valence-corrected chi connectivity index (χ2v) is 6.63. The number of carbonyl (C=O) groups excluding carboxylic acids is 2. The number of halogens is 1. The predicted octanol–water partition coefficient (Wildman–Crippen LogP) is -0.575. The van der Waals surface area contributed by atoms with Gasteiger partial charge in [-0.15, -0.1) is 12.4 Å². The first-order valence-electron chi connectivity index (χ1n) is 8.98. The zero-order chi connectivity index (χ0) is 19.4. The fourth-order valence-electron chi connectivity index (χ4n) is 3.34. The van der Waals surface area contributed by atoms with E-state index in [0.717, 1.165) is 4.57 Å². The number of likely N-dealkylation sites (tertiary alicyclic amines) is 1. The van der Waals surface area contributed by atoms with Gasteiger partial charge in [-0.3, -0.25) is 19.0 Å². The van der Waals surface area contributed by atoms with Crippen molar-refractivity contribution in [2.75, 3.05) is 26.2 Å². The molecule has 2 aromatic rings. The highest BCUT2D eigenvalue weighted by molar-refractivity contribution is 5.85. The molecular weight excluding hydrogens is 386 g/mol. The van der Waals surface area contributed by atoms with E-state index in [1.54, 1.807) is 24.3 Å². The van der Waals surface area contributed by atoms with Gasteiger partial charge in [0.2, 0.25) is 11.8 Å². The average Bonchev–Trinajstić information content (AvgIpc) is 2.69. The molecule has 1 unspecified atom stereocenters. The summed E-state index contributed by atoms with van der Waals surface area (Å²) in [4.78, 5) is 53.7. The fraction of sp³-hybridized carbons (Fsp3) is 0.444. The molecule has 1 atom stereocenters. The molecule has 1 saturated heterocycles. The number of aromatic amines is 1. The lowest BCUT2D eigenvalue weighted by Crippen LogP contribution is -2.48. The molecular formula is C18H24ClN5O4. The minimum absolute atomic E-state index is 0. The van der Waals surface area contributed by atoms with E-state index in [1.165, 1.54) is 4.90 Å². The maximum Gasteiger partial charge on any atom is 0.329 e. The first-order chi connectivity index (χ1) is 13.0. The molecule has 0 saturated carbocycles. The maximum atomic E-state index is 12.7. The summed E-state index contributed by atoms with van der Waals surface area (Å²) in [6, 6.07) is 6.66. The first-order valence-corrected chi connectivity index (χ1v) is 8.98. The molecule has 0 spiro atoms. The number of fused-ring (bicyclic) bond motifs is 1. The molecule has 0 aliphatic carbocycles. The molecule has 152 valence electrons. The second kappa shape index (κ2) is 9.52. The summed E-state index contributed by atoms with van der Waals surface area (Å²) in [5.74, 6) is -0.784. The van der Waals surface area contributed by atoms with Crippen molar-refractivity contribution in [3.05, 3.63) is 45.1 Å². The van der Waals surface area contributed by atoms with Crippen molar-refractivity contribution < 1.29 is 9.59 Å². The van der Waals surface area contributed by atoms with Crippen LogP contribution < -0.4 is 22.3 Å². The van der Waals surface area contributed by atoms with E-state index in [1.807, 2.05) is 0 Å². The van der Waals surface area contributed by atoms with Crippen molar-refractivity contribution >= 4 is 35.1 Å². The molecule has 0 radical (unpaired) electrons. The molecule has 9 nitrogen and oxygen atoms in total. The number of nitrogens with one attached hydrogen (secondary N) is 2. The van der Waals surface area contributed by atoms with Crippen molar-refractivity contribution in [2.45, 2.75) is 19.4 Å². The Hall–Kier alpha value is -2.65. The lowest BCUT2D eigenvalue weighted by molar-refractivity contribution is -0.136. The van der Waals surface area contributed by atoms with Gasteiger partial charge >= 0.3 is 5.69 Å². The van der Waals surface area contributed by atoms with E-state index in [-0.39, 0.29) is 43.2 Å². The van der Waals surface area contributed by atoms with Crippen LogP contribution in [0.25, 0.3) is 10.9 Å². The molecule has 1 aromatic heterocycles. The van der Waals surface area contributed by atoms with Gasteiger partial charge in [-0.25, -0.2) is 4.79 Å². The van der Waals surface area contributed by atoms with Gasteiger partial charge in [0, 0.05) is 26.2 Å². The lowest BCUT2D eigenvalue weighted by atomic mass is 9.97. The van der Waals surface area contributed by atoms with Gasteiger partial charge in [0.1, 0.15) is 6.54 Å². The molecule has 0 bridgehead atoms. The largest absolute Gasteiger partial charge is 0.355 e. The average molecular weight is 410 g/mol. The van der Waals surface area contributed by atoms with Crippen LogP contribution in [0.15, 0.2) is 33.9 Å². The van der Waals surface area contributed by atoms with Crippen LogP contribution >= 0.6 is 12.4 Å². The smallest absolute Gasteiger partial charge is 0.329 e. The second-order valence-electron chi connectivity index (χ2n) is 6.63. The van der Waals surface area contributed by atoms with Crippen molar-refractivity contribution in [2.24, 2.45) is 11.7 Å². The molecule has 1 aliphatic heterocycles. The quantitative estimate of drug-likeness (QED) is 0.608. The summed E-state index contributed by atoms with van der Waals surface area (Å²) in [6.45, 7) is 1.17. The van der Waals surface area contributed by atoms with Crippen LogP contribution in [-0.2, 0) is 16.1 Å². The highest BCUT2D eigenvalue weighted by atomic mass is 35.5. The standard InChI is InChI=1S/C18H23N5O4.ClH/c19-7-8-20-16(25)12-4-3-9-22(10-12)15(24)11-23-17(26)13-5-1-2-6-14(13)21-18(23)27;/h1-2,5-6,12H,3-4,7-11,19H2,(H,20,25)(H,21,27);1H. The van der Waals surface area contributed by atoms with Crippen LogP contribution in [0, 0.1) is 5.92 Å². The van der Waals surface area contributed by atoms with E-state index in [2.05, 4.69) is 10.3 Å². The van der Waals surface area contributed by atoms with E-state index >= 15 is 0 Å². The van der Waals surface area contributed by atoms with Gasteiger partial charge in [-0.05, 0) is 25.0 Å². The number of para-hydroxylation sites is 1. The number of nitrogens with two attached hydrogens (primary N) is 1. The first kappa shape index (κ1) is 21.6. The van der Waals surface area contributed by atoms with Gasteiger partial charge in [0.05, 0.1) is 16.8 Å². The Morgan fingerprint density at radius 1 is 1.25 bits per heavy atom. The Morgan fingerprint density at radius 3 is 2.75 bits per heavy atom. The minimum atomic E-state index is -0.624. The third kappa shape index (κ3) is 4.60. The van der Waals surface area contributed by atoms with Crippen LogP contribution in [0.1, 0.15) is 12.8 Å². The number of carbonyl (C=O) groups is 2. The third-order valence-corrected chi connectivity index (χ3v) is 4.77. The highest BCUT2D eigenvalue weighted by Crippen LogP contribution is 2.17. The van der Waals surface area contributed by atoms with Gasteiger partial charge in [0.15, 0.2) is 0 Å². The number of hydrogen-bond donors (Lipinski definition) is 3. The van der Waals surface area contributed by atoms with Crippen LogP contribution in [0.2, 0.25) is 0 Å². The summed E-state index contributed by atoms with van der Waals surface area (Å²) >= 11 is 0. The number of benzene rings is 1. The van der Waals surface area contributed by atoms with E-state index in [9.17, 15) is 19.2 Å². The molecule has 2 heterocycles. The van der Waals surface area contributed by atoms with Crippen molar-refractivity contribution in [1.29, 1.82) is 0 Å². The lowest BCUT2D eigenvalue weighted by Gasteiger charge is -2.32. The molecule has 1 fully saturated rings. The van der Waals surface area contributed by atoms with E-state index < -0.39 is 11.2 Å². The van der Waals surface area contributed by atoms with Crippen molar-refractivity contribution in [3.63, 3.8) is 0 Å². The molecule has 3 rings (SSSR count). The van der Waals surface area contributed by atoms with Gasteiger partial charge in [-0.2, -0.15) is 0 Å². The number of amides is 2. The van der Waals surface area contributed by atoms with Crippen molar-refractivity contribution in [3.8, 4) is 0 Å². The summed E-state index contributed by atoms with van der Waals surface area (Å²) in [7, 11) is 0. The van der Waals surface area contributed by atoms with Crippen molar-refractivity contribution in [1.82, 2.24) is 19.8 Å². The minimum Gasteiger partial charge on any atom is -0.355 e. The maximum absolute atomic E-state index is 12.7. The number of rotatable bonds is 5. The number of piperidine rings is 1. The molecule has 2 amide bonds. The fourth-order valence-corrected chi connectivity index (χ4v) is 3.34. The summed E-state index contributed by atoms with van der Waals surface area (Å²) in [6.07, 6.45) is 1.38. The molecule has 10 heteroatoms. The molecule has 4 N–H and O–H groups in total. The Labute approximate surface area is 167 Å². The van der Waals surface area contributed by atoms with Crippen LogP contribution in [-0.4, -0.2) is 52.4 Å². The SMILES string of the molecule is Cl.NCCNC(=O)C1CCCN(C(=O)Cn2c(=O)[nH]c3ccccc3c2=O)C1. The summed E-state index contributed by atoms with van der Waals surface area (Å²) in [5.41, 5.74) is 4.70. The van der Waals surface area contributed by atoms with Gasteiger partial charge in [-0.1, -0.05) is 12.1 Å². The zero-order valence-electron chi connectivity index (χ0n) is 15.3. The zero-order valence-corrected chi connectivity index (χ0v) is 16.2. The predicted molar refractivity (Wildman–Crippen MR) is 107 cm³/mol.